The maximum atomic E-state index is 13.2. The van der Waals surface area contributed by atoms with Gasteiger partial charge >= 0.3 is 0 Å². The molecule has 0 aromatic heterocycles. The van der Waals surface area contributed by atoms with Crippen molar-refractivity contribution in [1.29, 1.82) is 0 Å². The van der Waals surface area contributed by atoms with E-state index in [1.807, 2.05) is 0 Å². The van der Waals surface area contributed by atoms with Crippen LogP contribution < -0.4 is 10.1 Å². The molecular weight excluding hydrogens is 309 g/mol. The van der Waals surface area contributed by atoms with Crippen LogP contribution in [0.2, 0.25) is 0 Å². The van der Waals surface area contributed by atoms with Crippen LogP contribution in [0.15, 0.2) is 22.7 Å². The third-order valence-corrected chi connectivity index (χ3v) is 3.34. The topological polar surface area (TPSA) is 21.3 Å². The third kappa shape index (κ3) is 6.39. The van der Waals surface area contributed by atoms with Crippen LogP contribution in [0.3, 0.4) is 0 Å². The van der Waals surface area contributed by atoms with E-state index in [2.05, 4.69) is 42.0 Å². The normalized spacial score (nSPS) is 12.7. The smallest absolute Gasteiger partial charge is 0.137 e. The van der Waals surface area contributed by atoms with E-state index in [-0.39, 0.29) is 11.9 Å². The summed E-state index contributed by atoms with van der Waals surface area (Å²) in [5, 5.41) is 3.41. The summed E-state index contributed by atoms with van der Waals surface area (Å²) in [4.78, 5) is 0. The molecule has 0 heterocycles. The highest BCUT2D eigenvalue weighted by atomic mass is 79.9. The van der Waals surface area contributed by atoms with Crippen molar-refractivity contribution in [2.75, 3.05) is 13.1 Å². The van der Waals surface area contributed by atoms with Crippen LogP contribution in [0, 0.1) is 11.7 Å². The molecule has 0 aliphatic heterocycles. The van der Waals surface area contributed by atoms with Gasteiger partial charge in [-0.25, -0.2) is 4.39 Å². The van der Waals surface area contributed by atoms with Crippen molar-refractivity contribution in [3.05, 3.63) is 28.5 Å². The fourth-order valence-electron chi connectivity index (χ4n) is 1.80. The maximum Gasteiger partial charge on any atom is 0.137 e. The minimum Gasteiger partial charge on any atom is -0.489 e. The van der Waals surface area contributed by atoms with Crippen LogP contribution in [0.25, 0.3) is 0 Å². The first-order valence-electron chi connectivity index (χ1n) is 6.85. The Hall–Kier alpha value is -0.610. The van der Waals surface area contributed by atoms with Crippen LogP contribution in [-0.2, 0) is 0 Å². The summed E-state index contributed by atoms with van der Waals surface area (Å²) in [6.07, 6.45) is 2.18. The van der Waals surface area contributed by atoms with Crippen molar-refractivity contribution < 1.29 is 9.13 Å². The van der Waals surface area contributed by atoms with Crippen LogP contribution >= 0.6 is 15.9 Å². The molecule has 0 spiro atoms. The third-order valence-electron chi connectivity index (χ3n) is 2.73. The SMILES string of the molecule is CCCC(CNCC(C)C)Oc1ccc(F)c(Br)c1. The molecule has 0 saturated carbocycles. The summed E-state index contributed by atoms with van der Waals surface area (Å²) >= 11 is 3.18. The lowest BCUT2D eigenvalue weighted by atomic mass is 10.2. The zero-order valence-electron chi connectivity index (χ0n) is 11.9. The van der Waals surface area contributed by atoms with Crippen molar-refractivity contribution >= 4 is 15.9 Å². The average molecular weight is 332 g/mol. The molecule has 0 fully saturated rings. The molecule has 0 radical (unpaired) electrons. The highest BCUT2D eigenvalue weighted by Crippen LogP contribution is 2.23. The Labute approximate surface area is 123 Å². The summed E-state index contributed by atoms with van der Waals surface area (Å²) in [7, 11) is 0. The summed E-state index contributed by atoms with van der Waals surface area (Å²) in [5.41, 5.74) is 0. The molecule has 2 nitrogen and oxygen atoms in total. The quantitative estimate of drug-likeness (QED) is 0.763. The van der Waals surface area contributed by atoms with Crippen molar-refractivity contribution in [2.24, 2.45) is 5.92 Å². The van der Waals surface area contributed by atoms with Gasteiger partial charge in [-0.3, -0.25) is 0 Å². The zero-order valence-corrected chi connectivity index (χ0v) is 13.5. The van der Waals surface area contributed by atoms with Gasteiger partial charge in [0.25, 0.3) is 0 Å². The van der Waals surface area contributed by atoms with Crippen LogP contribution in [-0.4, -0.2) is 19.2 Å². The van der Waals surface area contributed by atoms with Gasteiger partial charge in [0.05, 0.1) is 4.47 Å². The fourth-order valence-corrected chi connectivity index (χ4v) is 2.16. The molecule has 4 heteroatoms. The summed E-state index contributed by atoms with van der Waals surface area (Å²) in [5.74, 6) is 1.07. The van der Waals surface area contributed by atoms with Gasteiger partial charge in [-0.15, -0.1) is 0 Å². The minimum absolute atomic E-state index is 0.126. The zero-order chi connectivity index (χ0) is 14.3. The lowest BCUT2D eigenvalue weighted by Gasteiger charge is -2.20. The number of ether oxygens (including phenoxy) is 1. The Morgan fingerprint density at radius 2 is 2.05 bits per heavy atom. The van der Waals surface area contributed by atoms with Crippen molar-refractivity contribution in [3.8, 4) is 5.75 Å². The van der Waals surface area contributed by atoms with E-state index in [0.717, 1.165) is 25.9 Å². The summed E-state index contributed by atoms with van der Waals surface area (Å²) < 4.78 is 19.5. The minimum atomic E-state index is -0.266. The van der Waals surface area contributed by atoms with E-state index in [0.29, 0.717) is 16.1 Å². The van der Waals surface area contributed by atoms with E-state index in [1.165, 1.54) is 6.07 Å². The Kier molecular flexibility index (Phi) is 7.39. The largest absolute Gasteiger partial charge is 0.489 e. The van der Waals surface area contributed by atoms with Gasteiger partial charge in [-0.2, -0.15) is 0 Å². The molecule has 1 atom stereocenters. The molecule has 0 bridgehead atoms. The molecule has 1 aromatic carbocycles. The summed E-state index contributed by atoms with van der Waals surface area (Å²) in [6.45, 7) is 8.30. The Bertz CT molecular complexity index is 384. The van der Waals surface area contributed by atoms with Crippen molar-refractivity contribution in [1.82, 2.24) is 5.32 Å². The van der Waals surface area contributed by atoms with Gasteiger partial charge < -0.3 is 10.1 Å². The van der Waals surface area contributed by atoms with Gasteiger partial charge in [0.1, 0.15) is 17.7 Å². The van der Waals surface area contributed by atoms with Crippen LogP contribution in [0.5, 0.6) is 5.75 Å². The lowest BCUT2D eigenvalue weighted by molar-refractivity contribution is 0.185. The van der Waals surface area contributed by atoms with Gasteiger partial charge in [0.15, 0.2) is 0 Å². The van der Waals surface area contributed by atoms with Crippen LogP contribution in [0.1, 0.15) is 33.6 Å². The second-order valence-corrected chi connectivity index (χ2v) is 6.01. The Morgan fingerprint density at radius 1 is 1.32 bits per heavy atom. The molecule has 1 unspecified atom stereocenters. The number of benzene rings is 1. The van der Waals surface area contributed by atoms with Crippen molar-refractivity contribution in [2.45, 2.75) is 39.7 Å². The lowest BCUT2D eigenvalue weighted by Crippen LogP contribution is -2.33. The molecule has 0 aliphatic rings. The van der Waals surface area contributed by atoms with Gasteiger partial charge in [-0.1, -0.05) is 27.2 Å². The monoisotopic (exact) mass is 331 g/mol. The second-order valence-electron chi connectivity index (χ2n) is 5.16. The fraction of sp³-hybridized carbons (Fsp3) is 0.600. The number of halogens is 2. The standard InChI is InChI=1S/C15H23BrFNO/c1-4-5-13(10-18-9-11(2)3)19-12-6-7-15(17)14(16)8-12/h6-8,11,13,18H,4-5,9-10H2,1-3H3. The van der Waals surface area contributed by atoms with E-state index in [1.54, 1.807) is 12.1 Å². The van der Waals surface area contributed by atoms with E-state index < -0.39 is 0 Å². The molecular formula is C15H23BrFNO. The molecule has 19 heavy (non-hydrogen) atoms. The number of rotatable bonds is 8. The van der Waals surface area contributed by atoms with Gasteiger partial charge in [0.2, 0.25) is 0 Å². The van der Waals surface area contributed by atoms with E-state index in [9.17, 15) is 4.39 Å². The first-order chi connectivity index (χ1) is 9.02. The second kappa shape index (κ2) is 8.54. The Balaban J connectivity index is 2.54. The molecule has 0 amide bonds. The molecule has 0 saturated heterocycles. The van der Waals surface area contributed by atoms with Crippen molar-refractivity contribution in [3.63, 3.8) is 0 Å². The first-order valence-corrected chi connectivity index (χ1v) is 7.64. The molecule has 1 aromatic rings. The van der Waals surface area contributed by atoms with E-state index >= 15 is 0 Å². The molecule has 108 valence electrons. The van der Waals surface area contributed by atoms with E-state index in [4.69, 9.17) is 4.74 Å². The highest BCUT2D eigenvalue weighted by Gasteiger charge is 2.11. The van der Waals surface area contributed by atoms with Crippen LogP contribution in [0.4, 0.5) is 4.39 Å². The predicted molar refractivity (Wildman–Crippen MR) is 81.1 cm³/mol. The number of nitrogens with one attached hydrogen (secondary N) is 1. The molecule has 1 rings (SSSR count). The maximum absolute atomic E-state index is 13.2. The highest BCUT2D eigenvalue weighted by molar-refractivity contribution is 9.10. The first kappa shape index (κ1) is 16.4. The van der Waals surface area contributed by atoms with Gasteiger partial charge in [-0.05, 0) is 53.0 Å². The summed E-state index contributed by atoms with van der Waals surface area (Å²) in [6, 6.07) is 4.77. The predicted octanol–water partition coefficient (Wildman–Crippen LogP) is 4.38. The number of hydrogen-bond donors (Lipinski definition) is 1. The Morgan fingerprint density at radius 3 is 2.63 bits per heavy atom. The average Bonchev–Trinajstić information content (AvgIpc) is 2.33. The molecule has 1 N–H and O–H groups in total. The molecule has 0 aliphatic carbocycles. The van der Waals surface area contributed by atoms with Gasteiger partial charge in [0, 0.05) is 6.54 Å². The number of hydrogen-bond acceptors (Lipinski definition) is 2.